The van der Waals surface area contributed by atoms with Crippen molar-refractivity contribution in [2.24, 2.45) is 0 Å². The Morgan fingerprint density at radius 1 is 1.09 bits per heavy atom. The summed E-state index contributed by atoms with van der Waals surface area (Å²) in [5.74, 6) is -2.34. The fraction of sp³-hybridized carbons (Fsp3) is 0. The fourth-order valence-electron chi connectivity index (χ4n) is 0.645. The van der Waals surface area contributed by atoms with E-state index in [1.165, 1.54) is 12.2 Å². The van der Waals surface area contributed by atoms with E-state index >= 15 is 0 Å². The van der Waals surface area contributed by atoms with Gasteiger partial charge >= 0.3 is 11.9 Å². The highest BCUT2D eigenvalue weighted by Gasteiger charge is 2.11. The van der Waals surface area contributed by atoms with Crippen molar-refractivity contribution < 1.29 is 19.8 Å². The summed E-state index contributed by atoms with van der Waals surface area (Å²) < 4.78 is 0. The number of aliphatic carboxylic acids is 2. The second-order valence-electron chi connectivity index (χ2n) is 1.90. The zero-order valence-corrected chi connectivity index (χ0v) is 5.37. The first-order chi connectivity index (χ1) is 5.11. The number of hydrogen-bond donors (Lipinski definition) is 2. The van der Waals surface area contributed by atoms with Crippen LogP contribution >= 0.6 is 0 Å². The maximum absolute atomic E-state index is 10.2. The van der Waals surface area contributed by atoms with Crippen molar-refractivity contribution in [1.29, 1.82) is 0 Å². The number of carboxylic acids is 2. The molecule has 0 aromatic heterocycles. The molecule has 4 heteroatoms. The SMILES string of the molecule is O=C(O)C1=C=C(C(=O)O)C=C1. The van der Waals surface area contributed by atoms with Crippen molar-refractivity contribution in [3.63, 3.8) is 0 Å². The largest absolute Gasteiger partial charge is 0.477 e. The van der Waals surface area contributed by atoms with Gasteiger partial charge in [-0.1, -0.05) is 5.73 Å². The Kier molecular flexibility index (Phi) is 1.62. The van der Waals surface area contributed by atoms with Gasteiger partial charge in [0.25, 0.3) is 0 Å². The summed E-state index contributed by atoms with van der Waals surface area (Å²) in [6.07, 6.45) is 2.40. The Bertz CT molecular complexity index is 287. The van der Waals surface area contributed by atoms with Crippen LogP contribution in [0.5, 0.6) is 0 Å². The van der Waals surface area contributed by atoms with E-state index in [0.717, 1.165) is 0 Å². The lowest BCUT2D eigenvalue weighted by atomic mass is 10.3. The standard InChI is InChI=1S/C7H4O4/c8-6(9)4-1-2-5(3-4)7(10)11/h1-2H,(H,8,9)(H,10,11). The Hall–Kier alpha value is -1.80. The smallest absolute Gasteiger partial charge is 0.343 e. The number of rotatable bonds is 2. The molecule has 56 valence electrons. The molecule has 0 radical (unpaired) electrons. The maximum atomic E-state index is 10.2. The highest BCUT2D eigenvalue weighted by atomic mass is 16.4. The monoisotopic (exact) mass is 152 g/mol. The molecule has 1 aliphatic rings. The molecule has 0 bridgehead atoms. The highest BCUT2D eigenvalue weighted by molar-refractivity contribution is 5.97. The molecule has 0 spiro atoms. The zero-order chi connectivity index (χ0) is 8.43. The summed E-state index contributed by atoms with van der Waals surface area (Å²) in [6, 6.07) is 0. The molecule has 0 heterocycles. The van der Waals surface area contributed by atoms with Crippen LogP contribution in [-0.4, -0.2) is 22.2 Å². The van der Waals surface area contributed by atoms with Gasteiger partial charge in [0.05, 0.1) is 0 Å². The normalized spacial score (nSPS) is 14.2. The lowest BCUT2D eigenvalue weighted by Gasteiger charge is -1.81. The summed E-state index contributed by atoms with van der Waals surface area (Å²) in [5, 5.41) is 16.7. The summed E-state index contributed by atoms with van der Waals surface area (Å²) >= 11 is 0. The van der Waals surface area contributed by atoms with E-state index in [0.29, 0.717) is 0 Å². The molecule has 4 nitrogen and oxygen atoms in total. The van der Waals surface area contributed by atoms with Crippen LogP contribution in [0, 0.1) is 0 Å². The quantitative estimate of drug-likeness (QED) is 0.553. The lowest BCUT2D eigenvalue weighted by molar-refractivity contribution is -0.132. The first-order valence-corrected chi connectivity index (χ1v) is 2.77. The van der Waals surface area contributed by atoms with Crippen LogP contribution in [-0.2, 0) is 9.59 Å². The first-order valence-electron chi connectivity index (χ1n) is 2.77. The van der Waals surface area contributed by atoms with Gasteiger partial charge in [-0.15, -0.1) is 0 Å². The number of carbonyl (C=O) groups is 2. The van der Waals surface area contributed by atoms with Crippen LogP contribution in [0.2, 0.25) is 0 Å². The summed E-state index contributed by atoms with van der Waals surface area (Å²) in [5.41, 5.74) is 1.97. The predicted molar refractivity (Wildman–Crippen MR) is 35.0 cm³/mol. The van der Waals surface area contributed by atoms with Gasteiger partial charge in [0, 0.05) is 0 Å². The average Bonchev–Trinajstić information content (AvgIpc) is 2.33. The third kappa shape index (κ3) is 1.36. The maximum Gasteiger partial charge on any atom is 0.343 e. The van der Waals surface area contributed by atoms with Crippen LogP contribution in [0.4, 0.5) is 0 Å². The van der Waals surface area contributed by atoms with Crippen LogP contribution in [0.15, 0.2) is 29.0 Å². The molecule has 0 atom stereocenters. The highest BCUT2D eigenvalue weighted by Crippen LogP contribution is 2.09. The van der Waals surface area contributed by atoms with Gasteiger partial charge < -0.3 is 10.2 Å². The molecule has 0 aliphatic heterocycles. The second-order valence-corrected chi connectivity index (χ2v) is 1.90. The zero-order valence-electron chi connectivity index (χ0n) is 5.37. The molecule has 2 N–H and O–H groups in total. The van der Waals surface area contributed by atoms with E-state index < -0.39 is 11.9 Å². The molecule has 11 heavy (non-hydrogen) atoms. The summed E-state index contributed by atoms with van der Waals surface area (Å²) in [6.45, 7) is 0. The van der Waals surface area contributed by atoms with E-state index in [2.05, 4.69) is 5.73 Å². The van der Waals surface area contributed by atoms with Crippen molar-refractivity contribution >= 4 is 11.9 Å². The van der Waals surface area contributed by atoms with Crippen molar-refractivity contribution in [1.82, 2.24) is 0 Å². The van der Waals surface area contributed by atoms with E-state index in [1.807, 2.05) is 0 Å². The molecule has 1 rings (SSSR count). The Labute approximate surface area is 61.8 Å². The van der Waals surface area contributed by atoms with Gasteiger partial charge in [-0.2, -0.15) is 0 Å². The fourth-order valence-corrected chi connectivity index (χ4v) is 0.645. The first kappa shape index (κ1) is 7.31. The molecule has 0 saturated heterocycles. The van der Waals surface area contributed by atoms with Crippen molar-refractivity contribution in [3.05, 3.63) is 29.0 Å². The van der Waals surface area contributed by atoms with E-state index in [-0.39, 0.29) is 11.1 Å². The molecular weight excluding hydrogens is 148 g/mol. The molecule has 0 aromatic carbocycles. The summed E-state index contributed by atoms with van der Waals surface area (Å²) in [4.78, 5) is 20.4. The number of carboxylic acid groups (broad SMARTS) is 2. The molecule has 1 aliphatic carbocycles. The van der Waals surface area contributed by atoms with Crippen LogP contribution < -0.4 is 0 Å². The van der Waals surface area contributed by atoms with Crippen LogP contribution in [0.25, 0.3) is 0 Å². The van der Waals surface area contributed by atoms with Crippen LogP contribution in [0.3, 0.4) is 0 Å². The third-order valence-electron chi connectivity index (χ3n) is 1.15. The van der Waals surface area contributed by atoms with Gasteiger partial charge in [0.2, 0.25) is 0 Å². The van der Waals surface area contributed by atoms with Crippen molar-refractivity contribution in [3.8, 4) is 0 Å². The average molecular weight is 152 g/mol. The van der Waals surface area contributed by atoms with E-state index in [9.17, 15) is 9.59 Å². The minimum absolute atomic E-state index is 0.123. The summed E-state index contributed by atoms with van der Waals surface area (Å²) in [7, 11) is 0. The van der Waals surface area contributed by atoms with Crippen molar-refractivity contribution in [2.75, 3.05) is 0 Å². The van der Waals surface area contributed by atoms with Gasteiger partial charge in [-0.3, -0.25) is 0 Å². The van der Waals surface area contributed by atoms with Gasteiger partial charge in [-0.05, 0) is 12.2 Å². The minimum Gasteiger partial charge on any atom is -0.477 e. The van der Waals surface area contributed by atoms with Gasteiger partial charge in [-0.25, -0.2) is 9.59 Å². The Morgan fingerprint density at radius 3 is 1.64 bits per heavy atom. The van der Waals surface area contributed by atoms with Gasteiger partial charge in [0.15, 0.2) is 0 Å². The molecule has 0 aromatic rings. The molecular formula is C7H4O4. The Balaban J connectivity index is 3.06. The second kappa shape index (κ2) is 2.44. The molecule has 0 fully saturated rings. The van der Waals surface area contributed by atoms with Gasteiger partial charge in [0.1, 0.15) is 11.1 Å². The van der Waals surface area contributed by atoms with E-state index in [4.69, 9.17) is 10.2 Å². The Morgan fingerprint density at radius 2 is 1.45 bits per heavy atom. The number of hydrogen-bond acceptors (Lipinski definition) is 2. The predicted octanol–water partition coefficient (Wildman–Crippen LogP) is 0.177. The van der Waals surface area contributed by atoms with E-state index in [1.54, 1.807) is 0 Å². The minimum atomic E-state index is -1.17. The molecule has 0 saturated carbocycles. The molecule has 0 amide bonds. The van der Waals surface area contributed by atoms with Crippen LogP contribution in [0.1, 0.15) is 0 Å². The topological polar surface area (TPSA) is 74.6 Å². The van der Waals surface area contributed by atoms with Crippen molar-refractivity contribution in [2.45, 2.75) is 0 Å². The third-order valence-corrected chi connectivity index (χ3v) is 1.15. The lowest BCUT2D eigenvalue weighted by Crippen LogP contribution is -1.95. The molecule has 0 unspecified atom stereocenters.